The van der Waals surface area contributed by atoms with Crippen LogP contribution in [0, 0.1) is 11.6 Å². The Balaban J connectivity index is 3.20. The lowest BCUT2D eigenvalue weighted by molar-refractivity contribution is 0.397. The zero-order chi connectivity index (χ0) is 10.0. The van der Waals surface area contributed by atoms with E-state index in [1.807, 2.05) is 0 Å². The summed E-state index contributed by atoms with van der Waals surface area (Å²) < 4.78 is 37.4. The van der Waals surface area contributed by atoms with Gasteiger partial charge in [0.2, 0.25) is 0 Å². The van der Waals surface area contributed by atoms with Gasteiger partial charge >= 0.3 is 0 Å². The Kier molecular flexibility index (Phi) is 2.77. The number of phenols is 1. The summed E-state index contributed by atoms with van der Waals surface area (Å²) in [7, 11) is 0. The fraction of sp³-hybridized carbons (Fsp3) is 0.250. The molecule has 3 N–H and O–H groups in total. The molecule has 0 radical (unpaired) electrons. The molecule has 0 amide bonds. The summed E-state index contributed by atoms with van der Waals surface area (Å²) in [6, 6.07) is -0.0287. The Morgan fingerprint density at radius 2 is 2.00 bits per heavy atom. The zero-order valence-corrected chi connectivity index (χ0v) is 6.60. The van der Waals surface area contributed by atoms with E-state index in [9.17, 15) is 13.2 Å². The molecule has 13 heavy (non-hydrogen) atoms. The standard InChI is InChI=1S/C8H8F3NO/c9-3-6(12)8-5(11)1-4(10)2-7(8)13/h1-2,6,13H,3,12H2/t6-/m1/s1. The van der Waals surface area contributed by atoms with Gasteiger partial charge in [-0.1, -0.05) is 0 Å². The van der Waals surface area contributed by atoms with Crippen LogP contribution in [-0.2, 0) is 0 Å². The van der Waals surface area contributed by atoms with Gasteiger partial charge in [0.05, 0.1) is 6.04 Å². The number of benzene rings is 1. The lowest BCUT2D eigenvalue weighted by Crippen LogP contribution is -2.14. The fourth-order valence-electron chi connectivity index (χ4n) is 1.02. The second-order valence-corrected chi connectivity index (χ2v) is 2.58. The second kappa shape index (κ2) is 3.66. The molecule has 0 saturated carbocycles. The molecule has 0 heterocycles. The van der Waals surface area contributed by atoms with E-state index < -0.39 is 35.7 Å². The first-order chi connectivity index (χ1) is 6.06. The van der Waals surface area contributed by atoms with Crippen molar-refractivity contribution in [1.82, 2.24) is 0 Å². The first kappa shape index (κ1) is 9.85. The summed E-state index contributed by atoms with van der Waals surface area (Å²) >= 11 is 0. The molecule has 0 spiro atoms. The molecule has 0 fully saturated rings. The number of hydrogen-bond donors (Lipinski definition) is 2. The maximum absolute atomic E-state index is 12.9. The molecule has 0 aliphatic carbocycles. The van der Waals surface area contributed by atoms with Gasteiger partial charge in [-0.05, 0) is 0 Å². The topological polar surface area (TPSA) is 46.2 Å². The summed E-state index contributed by atoms with van der Waals surface area (Å²) in [6.07, 6.45) is 0. The van der Waals surface area contributed by atoms with Gasteiger partial charge in [-0.3, -0.25) is 0 Å². The zero-order valence-electron chi connectivity index (χ0n) is 6.60. The average molecular weight is 191 g/mol. The van der Waals surface area contributed by atoms with E-state index in [0.717, 1.165) is 0 Å². The lowest BCUT2D eigenvalue weighted by atomic mass is 10.1. The third kappa shape index (κ3) is 1.92. The van der Waals surface area contributed by atoms with E-state index in [-0.39, 0.29) is 0 Å². The van der Waals surface area contributed by atoms with Crippen LogP contribution in [0.2, 0.25) is 0 Å². The predicted molar refractivity (Wildman–Crippen MR) is 40.9 cm³/mol. The first-order valence-electron chi connectivity index (χ1n) is 3.55. The van der Waals surface area contributed by atoms with Gasteiger partial charge in [-0.25, -0.2) is 13.2 Å². The second-order valence-electron chi connectivity index (χ2n) is 2.58. The smallest absolute Gasteiger partial charge is 0.134 e. The van der Waals surface area contributed by atoms with Gasteiger partial charge < -0.3 is 10.8 Å². The molecular weight excluding hydrogens is 183 g/mol. The van der Waals surface area contributed by atoms with Gasteiger partial charge in [0, 0.05) is 17.7 Å². The number of alkyl halides is 1. The Bertz CT molecular complexity index is 293. The van der Waals surface area contributed by atoms with Crippen molar-refractivity contribution in [2.24, 2.45) is 5.73 Å². The molecular formula is C8H8F3NO. The number of aromatic hydroxyl groups is 1. The van der Waals surface area contributed by atoms with Crippen LogP contribution in [0.15, 0.2) is 12.1 Å². The van der Waals surface area contributed by atoms with Crippen LogP contribution < -0.4 is 5.73 Å². The van der Waals surface area contributed by atoms with Gasteiger partial charge in [0.25, 0.3) is 0 Å². The van der Waals surface area contributed by atoms with Crippen molar-refractivity contribution in [3.8, 4) is 5.75 Å². The minimum atomic E-state index is -1.26. The van der Waals surface area contributed by atoms with E-state index in [4.69, 9.17) is 10.8 Å². The van der Waals surface area contributed by atoms with Crippen molar-refractivity contribution in [3.63, 3.8) is 0 Å². The lowest BCUT2D eigenvalue weighted by Gasteiger charge is -2.10. The molecule has 5 heteroatoms. The molecule has 0 saturated heterocycles. The predicted octanol–water partition coefficient (Wildman–Crippen LogP) is 1.64. The Hall–Kier alpha value is -1.23. The molecule has 1 aromatic carbocycles. The molecule has 72 valence electrons. The molecule has 1 aromatic rings. The Morgan fingerprint density at radius 3 is 2.46 bits per heavy atom. The highest BCUT2D eigenvalue weighted by molar-refractivity contribution is 5.36. The van der Waals surface area contributed by atoms with E-state index >= 15 is 0 Å². The normalized spacial score (nSPS) is 12.9. The third-order valence-corrected chi connectivity index (χ3v) is 1.61. The highest BCUT2D eigenvalue weighted by Crippen LogP contribution is 2.26. The number of phenolic OH excluding ortho intramolecular Hbond substituents is 1. The Morgan fingerprint density at radius 1 is 1.38 bits per heavy atom. The van der Waals surface area contributed by atoms with Crippen molar-refractivity contribution in [1.29, 1.82) is 0 Å². The maximum atomic E-state index is 12.9. The third-order valence-electron chi connectivity index (χ3n) is 1.61. The highest BCUT2D eigenvalue weighted by Gasteiger charge is 2.17. The monoisotopic (exact) mass is 191 g/mol. The van der Waals surface area contributed by atoms with Crippen LogP contribution in [0.25, 0.3) is 0 Å². The van der Waals surface area contributed by atoms with Crippen LogP contribution in [0.5, 0.6) is 5.75 Å². The molecule has 0 unspecified atom stereocenters. The van der Waals surface area contributed by atoms with Crippen molar-refractivity contribution >= 4 is 0 Å². The summed E-state index contributed by atoms with van der Waals surface area (Å²) in [5.74, 6) is -2.63. The number of nitrogens with two attached hydrogens (primary N) is 1. The van der Waals surface area contributed by atoms with Gasteiger partial charge in [0.1, 0.15) is 24.1 Å². The van der Waals surface area contributed by atoms with E-state index in [1.165, 1.54) is 0 Å². The maximum Gasteiger partial charge on any atom is 0.134 e. The molecule has 0 aromatic heterocycles. The molecule has 2 nitrogen and oxygen atoms in total. The summed E-state index contributed by atoms with van der Waals surface area (Å²) in [5.41, 5.74) is 4.75. The molecule has 0 aliphatic heterocycles. The van der Waals surface area contributed by atoms with E-state index in [0.29, 0.717) is 12.1 Å². The average Bonchev–Trinajstić information content (AvgIpc) is 2.02. The van der Waals surface area contributed by atoms with Crippen molar-refractivity contribution in [2.75, 3.05) is 6.67 Å². The fourth-order valence-corrected chi connectivity index (χ4v) is 1.02. The van der Waals surface area contributed by atoms with Crippen molar-refractivity contribution in [2.45, 2.75) is 6.04 Å². The van der Waals surface area contributed by atoms with Crippen LogP contribution in [-0.4, -0.2) is 11.8 Å². The molecule has 1 atom stereocenters. The number of halogens is 3. The van der Waals surface area contributed by atoms with Gasteiger partial charge in [-0.15, -0.1) is 0 Å². The SMILES string of the molecule is N[C@H](CF)c1c(O)cc(F)cc1F. The Labute approximate surface area is 72.8 Å². The van der Waals surface area contributed by atoms with Crippen LogP contribution in [0.4, 0.5) is 13.2 Å². The van der Waals surface area contributed by atoms with E-state index in [1.54, 1.807) is 0 Å². The summed E-state index contributed by atoms with van der Waals surface area (Å²) in [6.45, 7) is -1.02. The number of hydrogen-bond acceptors (Lipinski definition) is 2. The first-order valence-corrected chi connectivity index (χ1v) is 3.55. The summed E-state index contributed by atoms with van der Waals surface area (Å²) in [5, 5.41) is 9.05. The van der Waals surface area contributed by atoms with Crippen LogP contribution >= 0.6 is 0 Å². The highest BCUT2D eigenvalue weighted by atomic mass is 19.1. The van der Waals surface area contributed by atoms with Crippen molar-refractivity contribution in [3.05, 3.63) is 29.3 Å². The minimum Gasteiger partial charge on any atom is -0.507 e. The summed E-state index contributed by atoms with van der Waals surface area (Å²) in [4.78, 5) is 0. The largest absolute Gasteiger partial charge is 0.507 e. The molecule has 1 rings (SSSR count). The van der Waals surface area contributed by atoms with Crippen LogP contribution in [0.3, 0.4) is 0 Å². The molecule has 0 aliphatic rings. The van der Waals surface area contributed by atoms with E-state index in [2.05, 4.69) is 0 Å². The quantitative estimate of drug-likeness (QED) is 0.746. The molecule has 0 bridgehead atoms. The van der Waals surface area contributed by atoms with Crippen molar-refractivity contribution < 1.29 is 18.3 Å². The number of rotatable bonds is 2. The van der Waals surface area contributed by atoms with Gasteiger partial charge in [-0.2, -0.15) is 0 Å². The van der Waals surface area contributed by atoms with Crippen LogP contribution in [0.1, 0.15) is 11.6 Å². The minimum absolute atomic E-state index is 0.399. The van der Waals surface area contributed by atoms with Gasteiger partial charge in [0.15, 0.2) is 0 Å².